The molecule has 1 aliphatic rings. The molecule has 0 spiro atoms. The van der Waals surface area contributed by atoms with Gasteiger partial charge in [0.2, 0.25) is 0 Å². The van der Waals surface area contributed by atoms with Crippen molar-refractivity contribution in [3.8, 4) is 0 Å². The molecule has 1 amide bonds. The smallest absolute Gasteiger partial charge is 0.309 e. The van der Waals surface area contributed by atoms with E-state index in [4.69, 9.17) is 39.5 Å². The molecule has 1 aliphatic carbocycles. The number of carbonyl (C=O) groups is 2. The molecule has 0 saturated heterocycles. The van der Waals surface area contributed by atoms with Gasteiger partial charge in [0.15, 0.2) is 6.61 Å². The largest absolute Gasteiger partial charge is 0.455 e. The van der Waals surface area contributed by atoms with E-state index in [9.17, 15) is 9.59 Å². The third-order valence-corrected chi connectivity index (χ3v) is 4.08. The first-order chi connectivity index (χ1) is 9.38. The molecule has 2 atom stereocenters. The van der Waals surface area contributed by atoms with E-state index >= 15 is 0 Å². The highest BCUT2D eigenvalue weighted by atomic mass is 35.5. The Morgan fingerprint density at radius 2 is 1.85 bits per heavy atom. The molecule has 1 aromatic carbocycles. The molecule has 1 fully saturated rings. The number of halogens is 3. The highest BCUT2D eigenvalue weighted by Crippen LogP contribution is 2.38. The topological polar surface area (TPSA) is 55.4 Å². The molecule has 2 rings (SSSR count). The van der Waals surface area contributed by atoms with Gasteiger partial charge in [0.05, 0.1) is 26.7 Å². The summed E-state index contributed by atoms with van der Waals surface area (Å²) in [4.78, 5) is 23.1. The summed E-state index contributed by atoms with van der Waals surface area (Å²) in [6.07, 6.45) is 0.819. The van der Waals surface area contributed by atoms with Gasteiger partial charge in [-0.1, -0.05) is 41.7 Å². The van der Waals surface area contributed by atoms with Gasteiger partial charge in [-0.3, -0.25) is 9.59 Å². The maximum absolute atomic E-state index is 11.7. The summed E-state index contributed by atoms with van der Waals surface area (Å²) in [6, 6.07) is 2.87. The predicted molar refractivity (Wildman–Crippen MR) is 78.3 cm³/mol. The average molecular weight is 337 g/mol. The number of amides is 1. The molecular formula is C13H12Cl3NO3. The SMILES string of the molecule is C[C@@H]1C[C@H]1C(=O)OCC(=O)Nc1cc(Cl)c(Cl)cc1Cl. The second-order valence-electron chi connectivity index (χ2n) is 4.72. The Bertz CT molecular complexity index is 562. The van der Waals surface area contributed by atoms with E-state index in [2.05, 4.69) is 5.32 Å². The van der Waals surface area contributed by atoms with Gasteiger partial charge in [-0.2, -0.15) is 0 Å². The van der Waals surface area contributed by atoms with Gasteiger partial charge in [-0.05, 0) is 24.5 Å². The molecule has 1 saturated carbocycles. The number of benzene rings is 1. The van der Waals surface area contributed by atoms with Crippen molar-refractivity contribution in [1.82, 2.24) is 0 Å². The first-order valence-electron chi connectivity index (χ1n) is 5.99. The highest BCUT2D eigenvalue weighted by Gasteiger charge is 2.40. The van der Waals surface area contributed by atoms with E-state index in [1.807, 2.05) is 6.92 Å². The van der Waals surface area contributed by atoms with Crippen LogP contribution >= 0.6 is 34.8 Å². The molecule has 0 bridgehead atoms. The molecule has 1 aromatic rings. The van der Waals surface area contributed by atoms with Crippen molar-refractivity contribution < 1.29 is 14.3 Å². The van der Waals surface area contributed by atoms with Crippen molar-refractivity contribution in [1.29, 1.82) is 0 Å². The zero-order chi connectivity index (χ0) is 14.9. The van der Waals surface area contributed by atoms with E-state index in [1.54, 1.807) is 0 Å². The first-order valence-corrected chi connectivity index (χ1v) is 7.13. The Morgan fingerprint density at radius 1 is 1.25 bits per heavy atom. The zero-order valence-electron chi connectivity index (χ0n) is 10.6. The van der Waals surface area contributed by atoms with Gasteiger partial charge < -0.3 is 10.1 Å². The van der Waals surface area contributed by atoms with Crippen LogP contribution in [0.15, 0.2) is 12.1 Å². The Balaban J connectivity index is 1.88. The molecule has 1 N–H and O–H groups in total. The molecule has 0 aliphatic heterocycles. The van der Waals surface area contributed by atoms with E-state index in [0.29, 0.717) is 16.6 Å². The quantitative estimate of drug-likeness (QED) is 0.672. The third kappa shape index (κ3) is 3.78. The molecule has 0 heterocycles. The Kier molecular flexibility index (Phi) is 4.78. The lowest BCUT2D eigenvalue weighted by atomic mass is 10.3. The maximum Gasteiger partial charge on any atom is 0.309 e. The van der Waals surface area contributed by atoms with Crippen LogP contribution in [-0.4, -0.2) is 18.5 Å². The van der Waals surface area contributed by atoms with Gasteiger partial charge >= 0.3 is 5.97 Å². The van der Waals surface area contributed by atoms with E-state index in [-0.39, 0.29) is 28.5 Å². The van der Waals surface area contributed by atoms with Crippen LogP contribution in [0.2, 0.25) is 15.1 Å². The number of hydrogen-bond donors (Lipinski definition) is 1. The molecule has 108 valence electrons. The Hall–Kier alpha value is -0.970. The van der Waals surface area contributed by atoms with E-state index < -0.39 is 5.91 Å². The summed E-state index contributed by atoms with van der Waals surface area (Å²) in [5.74, 6) is -0.550. The fourth-order valence-electron chi connectivity index (χ4n) is 1.70. The molecule has 0 radical (unpaired) electrons. The fraction of sp³-hybridized carbons (Fsp3) is 0.385. The van der Waals surface area contributed by atoms with Crippen molar-refractivity contribution in [2.75, 3.05) is 11.9 Å². The van der Waals surface area contributed by atoms with Crippen LogP contribution in [0.5, 0.6) is 0 Å². The van der Waals surface area contributed by atoms with Crippen LogP contribution in [0.1, 0.15) is 13.3 Å². The number of hydrogen-bond acceptors (Lipinski definition) is 3. The standard InChI is InChI=1S/C13H12Cl3NO3/c1-6-2-7(6)13(19)20-5-12(18)17-11-4-9(15)8(14)3-10(11)16/h3-4,6-7H,2,5H2,1H3,(H,17,18)/t6-,7-/m1/s1. The number of rotatable bonds is 4. The van der Waals surface area contributed by atoms with Crippen LogP contribution in [0.3, 0.4) is 0 Å². The van der Waals surface area contributed by atoms with Gasteiger partial charge in [-0.25, -0.2) is 0 Å². The second kappa shape index (κ2) is 6.20. The molecule has 0 unspecified atom stereocenters. The molecule has 0 aromatic heterocycles. The van der Waals surface area contributed by atoms with Crippen LogP contribution < -0.4 is 5.32 Å². The molecule has 4 nitrogen and oxygen atoms in total. The van der Waals surface area contributed by atoms with Crippen molar-refractivity contribution in [3.05, 3.63) is 27.2 Å². The van der Waals surface area contributed by atoms with Crippen molar-refractivity contribution in [2.45, 2.75) is 13.3 Å². The summed E-state index contributed by atoms with van der Waals surface area (Å²) >= 11 is 17.5. The summed E-state index contributed by atoms with van der Waals surface area (Å²) in [7, 11) is 0. The van der Waals surface area contributed by atoms with Crippen molar-refractivity contribution in [2.24, 2.45) is 11.8 Å². The highest BCUT2D eigenvalue weighted by molar-refractivity contribution is 6.44. The third-order valence-electron chi connectivity index (χ3n) is 3.04. The normalized spacial score (nSPS) is 20.4. The maximum atomic E-state index is 11.7. The van der Waals surface area contributed by atoms with Crippen LogP contribution in [0, 0.1) is 11.8 Å². The van der Waals surface area contributed by atoms with E-state index in [0.717, 1.165) is 6.42 Å². The first kappa shape index (κ1) is 15.4. The average Bonchev–Trinajstić information content (AvgIpc) is 3.10. The van der Waals surface area contributed by atoms with Crippen LogP contribution in [0.4, 0.5) is 5.69 Å². The summed E-state index contributed by atoms with van der Waals surface area (Å²) in [5.41, 5.74) is 0.321. The summed E-state index contributed by atoms with van der Waals surface area (Å²) in [5, 5.41) is 3.34. The second-order valence-corrected chi connectivity index (χ2v) is 5.94. The van der Waals surface area contributed by atoms with Crippen LogP contribution in [-0.2, 0) is 14.3 Å². The molecule has 20 heavy (non-hydrogen) atoms. The number of carbonyl (C=O) groups excluding carboxylic acids is 2. The number of anilines is 1. The molecule has 7 heteroatoms. The Morgan fingerprint density at radius 3 is 2.45 bits per heavy atom. The lowest BCUT2D eigenvalue weighted by Gasteiger charge is -2.09. The summed E-state index contributed by atoms with van der Waals surface area (Å²) < 4.78 is 4.91. The van der Waals surface area contributed by atoms with Gasteiger partial charge in [0.1, 0.15) is 0 Å². The van der Waals surface area contributed by atoms with E-state index in [1.165, 1.54) is 12.1 Å². The summed E-state index contributed by atoms with van der Waals surface area (Å²) in [6.45, 7) is 1.61. The monoisotopic (exact) mass is 335 g/mol. The van der Waals surface area contributed by atoms with Crippen molar-refractivity contribution >= 4 is 52.4 Å². The minimum absolute atomic E-state index is 0.0728. The van der Waals surface area contributed by atoms with Gasteiger partial charge in [0, 0.05) is 0 Å². The fourth-order valence-corrected chi connectivity index (χ4v) is 2.29. The zero-order valence-corrected chi connectivity index (χ0v) is 12.9. The van der Waals surface area contributed by atoms with Gasteiger partial charge in [-0.15, -0.1) is 0 Å². The lowest BCUT2D eigenvalue weighted by Crippen LogP contribution is -2.21. The van der Waals surface area contributed by atoms with Crippen LogP contribution in [0.25, 0.3) is 0 Å². The number of ether oxygens (including phenoxy) is 1. The predicted octanol–water partition coefficient (Wildman–Crippen LogP) is 3.78. The molecular weight excluding hydrogens is 325 g/mol. The van der Waals surface area contributed by atoms with Gasteiger partial charge in [0.25, 0.3) is 5.91 Å². The number of nitrogens with one attached hydrogen (secondary N) is 1. The number of esters is 1. The minimum atomic E-state index is -0.480. The lowest BCUT2D eigenvalue weighted by molar-refractivity contribution is -0.148. The Labute approximate surface area is 131 Å². The minimum Gasteiger partial charge on any atom is -0.455 e. The van der Waals surface area contributed by atoms with Crippen molar-refractivity contribution in [3.63, 3.8) is 0 Å².